The molecule has 0 unspecified atom stereocenters. The van der Waals surface area contributed by atoms with Crippen molar-refractivity contribution in [2.24, 2.45) is 0 Å². The molecule has 68 valence electrons. The van der Waals surface area contributed by atoms with Crippen LogP contribution in [0.4, 0.5) is 0 Å². The average Bonchev–Trinajstić information content (AvgIpc) is 2.17. The van der Waals surface area contributed by atoms with E-state index < -0.39 is 5.97 Å². The van der Waals surface area contributed by atoms with Crippen molar-refractivity contribution in [3.05, 3.63) is 34.9 Å². The van der Waals surface area contributed by atoms with Crippen LogP contribution in [0.15, 0.2) is 18.2 Å². The molecule has 0 bridgehead atoms. The highest BCUT2D eigenvalue weighted by Gasteiger charge is 2.12. The van der Waals surface area contributed by atoms with Gasteiger partial charge in [0.25, 0.3) is 0 Å². The van der Waals surface area contributed by atoms with Crippen LogP contribution in [0.25, 0.3) is 0 Å². The summed E-state index contributed by atoms with van der Waals surface area (Å²) in [5.74, 6) is 1.06. The quantitative estimate of drug-likeness (QED) is 0.726. The number of carboxylic acid groups (broad SMARTS) is 1. The van der Waals surface area contributed by atoms with E-state index in [1.807, 2.05) is 16.9 Å². The SMILES string of the molecule is O=C(O)c1ccc2c(c1)CSSC2. The molecule has 1 aliphatic rings. The van der Waals surface area contributed by atoms with Gasteiger partial charge >= 0.3 is 5.97 Å². The maximum atomic E-state index is 10.7. The van der Waals surface area contributed by atoms with Crippen molar-refractivity contribution >= 4 is 27.6 Å². The minimum atomic E-state index is -0.842. The van der Waals surface area contributed by atoms with E-state index in [0.29, 0.717) is 5.56 Å². The molecule has 0 saturated carbocycles. The van der Waals surface area contributed by atoms with Gasteiger partial charge < -0.3 is 5.11 Å². The lowest BCUT2D eigenvalue weighted by Gasteiger charge is -2.14. The van der Waals surface area contributed by atoms with Crippen molar-refractivity contribution in [3.8, 4) is 0 Å². The molecule has 0 radical (unpaired) electrons. The molecular weight excluding hydrogens is 204 g/mol. The van der Waals surface area contributed by atoms with E-state index in [1.54, 1.807) is 22.9 Å². The van der Waals surface area contributed by atoms with Crippen LogP contribution in [-0.4, -0.2) is 11.1 Å². The van der Waals surface area contributed by atoms with Gasteiger partial charge in [-0.2, -0.15) is 0 Å². The first-order chi connectivity index (χ1) is 6.27. The van der Waals surface area contributed by atoms with Gasteiger partial charge in [-0.05, 0) is 23.3 Å². The van der Waals surface area contributed by atoms with Gasteiger partial charge in [0, 0.05) is 11.5 Å². The third kappa shape index (κ3) is 1.84. The Hall–Kier alpha value is -0.610. The Kier molecular flexibility index (Phi) is 2.51. The Balaban J connectivity index is 2.40. The van der Waals surface area contributed by atoms with Crippen LogP contribution in [0.2, 0.25) is 0 Å². The van der Waals surface area contributed by atoms with Crippen molar-refractivity contribution in [2.75, 3.05) is 0 Å². The van der Waals surface area contributed by atoms with E-state index in [1.165, 1.54) is 11.1 Å². The summed E-state index contributed by atoms with van der Waals surface area (Å²) in [5.41, 5.74) is 2.84. The van der Waals surface area contributed by atoms with Crippen molar-refractivity contribution in [1.29, 1.82) is 0 Å². The largest absolute Gasteiger partial charge is 0.478 e. The zero-order valence-electron chi connectivity index (χ0n) is 6.82. The van der Waals surface area contributed by atoms with Gasteiger partial charge in [-0.15, -0.1) is 0 Å². The molecule has 13 heavy (non-hydrogen) atoms. The van der Waals surface area contributed by atoms with Gasteiger partial charge in [-0.25, -0.2) is 4.79 Å². The number of aromatic carboxylic acids is 1. The predicted octanol–water partition coefficient (Wildman–Crippen LogP) is 2.78. The van der Waals surface area contributed by atoms with Crippen molar-refractivity contribution in [3.63, 3.8) is 0 Å². The smallest absolute Gasteiger partial charge is 0.335 e. The molecule has 1 N–H and O–H groups in total. The monoisotopic (exact) mass is 212 g/mol. The molecule has 1 aliphatic heterocycles. The number of carboxylic acids is 1. The van der Waals surface area contributed by atoms with Crippen LogP contribution in [0.3, 0.4) is 0 Å². The molecule has 1 aromatic rings. The minimum absolute atomic E-state index is 0.395. The summed E-state index contributed by atoms with van der Waals surface area (Å²) in [6, 6.07) is 5.38. The number of rotatable bonds is 1. The molecule has 0 aliphatic carbocycles. The molecular formula is C9H8O2S2. The summed E-state index contributed by atoms with van der Waals surface area (Å²) >= 11 is 0. The fraction of sp³-hybridized carbons (Fsp3) is 0.222. The van der Waals surface area contributed by atoms with Crippen molar-refractivity contribution < 1.29 is 9.90 Å². The Morgan fingerprint density at radius 3 is 2.62 bits per heavy atom. The normalized spacial score (nSPS) is 15.1. The second-order valence-electron chi connectivity index (χ2n) is 2.81. The molecule has 0 spiro atoms. The number of hydrogen-bond acceptors (Lipinski definition) is 3. The molecule has 1 aromatic carbocycles. The fourth-order valence-corrected chi connectivity index (χ4v) is 3.48. The van der Waals surface area contributed by atoms with E-state index in [0.717, 1.165) is 11.5 Å². The Bertz CT molecular complexity index is 349. The maximum Gasteiger partial charge on any atom is 0.335 e. The highest BCUT2D eigenvalue weighted by Crippen LogP contribution is 2.37. The number of carbonyl (C=O) groups is 1. The molecule has 1 heterocycles. The molecule has 0 amide bonds. The number of hydrogen-bond donors (Lipinski definition) is 1. The lowest BCUT2D eigenvalue weighted by Crippen LogP contribution is -2.01. The number of fused-ring (bicyclic) bond motifs is 1. The van der Waals surface area contributed by atoms with Crippen molar-refractivity contribution in [1.82, 2.24) is 0 Å². The second kappa shape index (κ2) is 3.64. The summed E-state index contributed by atoms with van der Waals surface area (Å²) in [6.45, 7) is 0. The molecule has 2 nitrogen and oxygen atoms in total. The van der Waals surface area contributed by atoms with Gasteiger partial charge in [0.05, 0.1) is 5.56 Å². The van der Waals surface area contributed by atoms with Crippen LogP contribution < -0.4 is 0 Å². The predicted molar refractivity (Wildman–Crippen MR) is 56.0 cm³/mol. The van der Waals surface area contributed by atoms with Gasteiger partial charge in [0.1, 0.15) is 0 Å². The highest BCUT2D eigenvalue weighted by molar-refractivity contribution is 8.76. The van der Waals surface area contributed by atoms with E-state index in [9.17, 15) is 4.79 Å². The molecule has 0 fully saturated rings. The van der Waals surface area contributed by atoms with E-state index in [2.05, 4.69) is 0 Å². The van der Waals surface area contributed by atoms with Gasteiger partial charge in [0.15, 0.2) is 0 Å². The Morgan fingerprint density at radius 2 is 1.92 bits per heavy atom. The summed E-state index contributed by atoms with van der Waals surface area (Å²) in [5, 5.41) is 8.77. The first kappa shape index (κ1) is 8.97. The molecule has 2 rings (SSSR count). The summed E-state index contributed by atoms with van der Waals surface area (Å²) in [4.78, 5) is 10.7. The lowest BCUT2D eigenvalue weighted by atomic mass is 10.1. The molecule has 4 heteroatoms. The zero-order valence-corrected chi connectivity index (χ0v) is 8.45. The van der Waals surface area contributed by atoms with E-state index in [4.69, 9.17) is 5.11 Å². The average molecular weight is 212 g/mol. The van der Waals surface area contributed by atoms with Crippen LogP contribution in [0, 0.1) is 0 Å². The van der Waals surface area contributed by atoms with Crippen LogP contribution >= 0.6 is 21.6 Å². The topological polar surface area (TPSA) is 37.3 Å². The number of benzene rings is 1. The molecule has 0 atom stereocenters. The first-order valence-corrected chi connectivity index (χ1v) is 6.35. The first-order valence-electron chi connectivity index (χ1n) is 3.87. The Morgan fingerprint density at radius 1 is 1.23 bits per heavy atom. The lowest BCUT2D eigenvalue weighted by molar-refractivity contribution is 0.0697. The highest BCUT2D eigenvalue weighted by atomic mass is 33.1. The third-order valence-corrected chi connectivity index (χ3v) is 4.20. The van der Waals surface area contributed by atoms with Crippen LogP contribution in [0.5, 0.6) is 0 Å². The second-order valence-corrected chi connectivity index (χ2v) is 5.28. The minimum Gasteiger partial charge on any atom is -0.478 e. The summed E-state index contributed by atoms with van der Waals surface area (Å²) in [6.07, 6.45) is 0. The third-order valence-electron chi connectivity index (χ3n) is 1.97. The maximum absolute atomic E-state index is 10.7. The standard InChI is InChI=1S/C9H8O2S2/c10-9(11)6-1-2-7-4-12-13-5-8(7)3-6/h1-3H,4-5H2,(H,10,11). The van der Waals surface area contributed by atoms with Crippen LogP contribution in [-0.2, 0) is 11.5 Å². The van der Waals surface area contributed by atoms with E-state index in [-0.39, 0.29) is 0 Å². The summed E-state index contributed by atoms with van der Waals surface area (Å²) in [7, 11) is 3.60. The van der Waals surface area contributed by atoms with Gasteiger partial charge in [-0.3, -0.25) is 0 Å². The van der Waals surface area contributed by atoms with Gasteiger partial charge in [-0.1, -0.05) is 27.7 Å². The molecule has 0 saturated heterocycles. The fourth-order valence-electron chi connectivity index (χ4n) is 1.24. The summed E-state index contributed by atoms with van der Waals surface area (Å²) < 4.78 is 0. The Labute approximate surface area is 84.1 Å². The van der Waals surface area contributed by atoms with Crippen LogP contribution in [0.1, 0.15) is 21.5 Å². The van der Waals surface area contributed by atoms with E-state index >= 15 is 0 Å². The zero-order chi connectivity index (χ0) is 9.26. The van der Waals surface area contributed by atoms with Gasteiger partial charge in [0.2, 0.25) is 0 Å². The van der Waals surface area contributed by atoms with Crippen molar-refractivity contribution in [2.45, 2.75) is 11.5 Å². The molecule has 0 aromatic heterocycles.